The largest absolute Gasteiger partial charge is 0.352 e. The third kappa shape index (κ3) is 4.54. The van der Waals surface area contributed by atoms with E-state index in [1.165, 1.54) is 0 Å². The molecular weight excluding hydrogens is 408 g/mol. The third-order valence-electron chi connectivity index (χ3n) is 5.68. The van der Waals surface area contributed by atoms with Crippen molar-refractivity contribution in [1.29, 1.82) is 0 Å². The summed E-state index contributed by atoms with van der Waals surface area (Å²) in [5.41, 5.74) is 2.12. The first-order valence-corrected chi connectivity index (χ1v) is 10.6. The van der Waals surface area contributed by atoms with Crippen LogP contribution in [-0.4, -0.2) is 93.5 Å². The molecule has 0 saturated carbocycles. The van der Waals surface area contributed by atoms with Crippen molar-refractivity contribution in [1.82, 2.24) is 39.6 Å². The highest BCUT2D eigenvalue weighted by molar-refractivity contribution is 5.94. The van der Waals surface area contributed by atoms with Crippen LogP contribution in [0.4, 0.5) is 4.79 Å². The Hall–Kier alpha value is -3.53. The molecule has 1 atom stereocenters. The second-order valence-electron chi connectivity index (χ2n) is 8.15. The summed E-state index contributed by atoms with van der Waals surface area (Å²) in [4.78, 5) is 35.0. The topological polar surface area (TPSA) is 99.0 Å². The van der Waals surface area contributed by atoms with Crippen LogP contribution in [0.5, 0.6) is 0 Å². The van der Waals surface area contributed by atoms with Gasteiger partial charge in [-0.05, 0) is 31.3 Å². The molecule has 4 heterocycles. The number of rotatable bonds is 5. The lowest BCUT2D eigenvalue weighted by Gasteiger charge is -2.39. The van der Waals surface area contributed by atoms with Crippen molar-refractivity contribution in [3.05, 3.63) is 59.8 Å². The number of pyridine rings is 2. The van der Waals surface area contributed by atoms with Gasteiger partial charge in [0.2, 0.25) is 0 Å². The standard InChI is InChI=1S/C22H28N8O2/c1-27(2)22(32)29-13-12-28(3)18(15-29)20-26-25-19-8-7-16(14-30(19)20)21(31)24-11-9-17-6-4-5-10-23-17/h4-8,10,14,18H,9,11-13,15H2,1-3H3,(H,24,31)/t18-/m0/s1. The highest BCUT2D eigenvalue weighted by Gasteiger charge is 2.32. The van der Waals surface area contributed by atoms with Crippen LogP contribution >= 0.6 is 0 Å². The Kier molecular flexibility index (Phi) is 6.31. The van der Waals surface area contributed by atoms with E-state index in [1.54, 1.807) is 43.5 Å². The fourth-order valence-corrected chi connectivity index (χ4v) is 3.83. The molecule has 0 bridgehead atoms. The summed E-state index contributed by atoms with van der Waals surface area (Å²) in [5.74, 6) is 0.547. The molecule has 32 heavy (non-hydrogen) atoms. The van der Waals surface area contributed by atoms with Gasteiger partial charge in [0, 0.05) is 64.8 Å². The van der Waals surface area contributed by atoms with Gasteiger partial charge in [-0.3, -0.25) is 19.1 Å². The number of fused-ring (bicyclic) bond motifs is 1. The Bertz CT molecular complexity index is 1100. The van der Waals surface area contributed by atoms with E-state index in [9.17, 15) is 9.59 Å². The molecule has 10 nitrogen and oxygen atoms in total. The van der Waals surface area contributed by atoms with E-state index in [-0.39, 0.29) is 18.0 Å². The van der Waals surface area contributed by atoms with Gasteiger partial charge in [0.1, 0.15) is 0 Å². The Morgan fingerprint density at radius 2 is 2.00 bits per heavy atom. The summed E-state index contributed by atoms with van der Waals surface area (Å²) < 4.78 is 1.85. The van der Waals surface area contributed by atoms with Crippen molar-refractivity contribution in [2.45, 2.75) is 12.5 Å². The fourth-order valence-electron chi connectivity index (χ4n) is 3.83. The van der Waals surface area contributed by atoms with Gasteiger partial charge in [-0.25, -0.2) is 4.79 Å². The smallest absolute Gasteiger partial charge is 0.319 e. The maximum atomic E-state index is 12.7. The van der Waals surface area contributed by atoms with Gasteiger partial charge in [0.15, 0.2) is 11.5 Å². The molecule has 1 aliphatic rings. The predicted molar refractivity (Wildman–Crippen MR) is 119 cm³/mol. The molecule has 1 N–H and O–H groups in total. The number of piperazine rings is 1. The molecule has 3 amide bonds. The highest BCUT2D eigenvalue weighted by Crippen LogP contribution is 2.24. The maximum Gasteiger partial charge on any atom is 0.319 e. The van der Waals surface area contributed by atoms with Crippen molar-refractivity contribution in [2.75, 3.05) is 47.3 Å². The van der Waals surface area contributed by atoms with Crippen LogP contribution < -0.4 is 5.32 Å². The van der Waals surface area contributed by atoms with Crippen molar-refractivity contribution < 1.29 is 9.59 Å². The number of urea groups is 1. The van der Waals surface area contributed by atoms with Crippen LogP contribution in [0, 0.1) is 0 Å². The Morgan fingerprint density at radius 1 is 1.16 bits per heavy atom. The Labute approximate surface area is 186 Å². The summed E-state index contributed by atoms with van der Waals surface area (Å²) in [6, 6.07) is 9.13. The summed E-state index contributed by atoms with van der Waals surface area (Å²) >= 11 is 0. The van der Waals surface area contributed by atoms with E-state index in [0.717, 1.165) is 12.2 Å². The van der Waals surface area contributed by atoms with Crippen molar-refractivity contribution >= 4 is 17.6 Å². The van der Waals surface area contributed by atoms with Crippen LogP contribution in [0.1, 0.15) is 27.9 Å². The Morgan fingerprint density at radius 3 is 2.75 bits per heavy atom. The van der Waals surface area contributed by atoms with Crippen LogP contribution in [0.25, 0.3) is 5.65 Å². The first-order chi connectivity index (χ1) is 15.4. The average molecular weight is 437 g/mol. The molecular formula is C22H28N8O2. The number of hydrogen-bond acceptors (Lipinski definition) is 6. The first kappa shape index (κ1) is 21.7. The molecule has 0 aromatic carbocycles. The molecule has 0 unspecified atom stereocenters. The molecule has 3 aromatic heterocycles. The minimum atomic E-state index is -0.163. The monoisotopic (exact) mass is 436 g/mol. The zero-order valence-corrected chi connectivity index (χ0v) is 18.6. The number of aromatic nitrogens is 4. The maximum absolute atomic E-state index is 12.7. The molecule has 0 spiro atoms. The lowest BCUT2D eigenvalue weighted by atomic mass is 10.1. The summed E-state index contributed by atoms with van der Waals surface area (Å²) in [5, 5.41) is 11.6. The summed E-state index contributed by atoms with van der Waals surface area (Å²) in [7, 11) is 5.51. The molecule has 0 aliphatic carbocycles. The van der Waals surface area contributed by atoms with Gasteiger partial charge < -0.3 is 15.1 Å². The number of hydrogen-bond donors (Lipinski definition) is 1. The number of nitrogens with one attached hydrogen (secondary N) is 1. The van der Waals surface area contributed by atoms with Gasteiger partial charge in [-0.1, -0.05) is 6.07 Å². The highest BCUT2D eigenvalue weighted by atomic mass is 16.2. The third-order valence-corrected chi connectivity index (χ3v) is 5.68. The number of carbonyl (C=O) groups excluding carboxylic acids is 2. The number of carbonyl (C=O) groups is 2. The van der Waals surface area contributed by atoms with Crippen molar-refractivity contribution in [3.63, 3.8) is 0 Å². The number of nitrogens with zero attached hydrogens (tertiary/aromatic N) is 7. The zero-order valence-electron chi connectivity index (χ0n) is 18.6. The lowest BCUT2D eigenvalue weighted by Crippen LogP contribution is -2.52. The van der Waals surface area contributed by atoms with E-state index >= 15 is 0 Å². The van der Waals surface area contributed by atoms with Crippen LogP contribution in [-0.2, 0) is 6.42 Å². The Balaban J connectivity index is 1.50. The van der Waals surface area contributed by atoms with Gasteiger partial charge in [0.25, 0.3) is 5.91 Å². The van der Waals surface area contributed by atoms with Gasteiger partial charge in [-0.15, -0.1) is 10.2 Å². The SMILES string of the molecule is CN(C)C(=O)N1CCN(C)[C@H](c2nnc3ccc(C(=O)NCCc4ccccn4)cn23)C1. The summed E-state index contributed by atoms with van der Waals surface area (Å²) in [6.45, 7) is 2.39. The summed E-state index contributed by atoms with van der Waals surface area (Å²) in [6.07, 6.45) is 4.17. The average Bonchev–Trinajstić information content (AvgIpc) is 3.22. The minimum absolute atomic E-state index is 0.0232. The fraction of sp³-hybridized carbons (Fsp3) is 0.409. The van der Waals surface area contributed by atoms with E-state index in [2.05, 4.69) is 25.4 Å². The van der Waals surface area contributed by atoms with Crippen LogP contribution in [0.15, 0.2) is 42.7 Å². The van der Waals surface area contributed by atoms with Gasteiger partial charge in [0.05, 0.1) is 11.6 Å². The first-order valence-electron chi connectivity index (χ1n) is 10.6. The minimum Gasteiger partial charge on any atom is -0.352 e. The van der Waals surface area contributed by atoms with E-state index < -0.39 is 0 Å². The van der Waals surface area contributed by atoms with Gasteiger partial charge in [-0.2, -0.15) is 0 Å². The number of likely N-dealkylation sites (N-methyl/N-ethyl adjacent to an activating group) is 1. The van der Waals surface area contributed by atoms with Gasteiger partial charge >= 0.3 is 6.03 Å². The van der Waals surface area contributed by atoms with Crippen LogP contribution in [0.2, 0.25) is 0 Å². The molecule has 10 heteroatoms. The number of amides is 3. The van der Waals surface area contributed by atoms with Crippen molar-refractivity contribution in [2.24, 2.45) is 0 Å². The molecule has 4 rings (SSSR count). The van der Waals surface area contributed by atoms with E-state index in [4.69, 9.17) is 0 Å². The molecule has 0 radical (unpaired) electrons. The molecule has 168 valence electrons. The molecule has 3 aromatic rings. The second-order valence-corrected chi connectivity index (χ2v) is 8.15. The zero-order chi connectivity index (χ0) is 22.7. The normalized spacial score (nSPS) is 16.8. The van der Waals surface area contributed by atoms with Crippen LogP contribution in [0.3, 0.4) is 0 Å². The van der Waals surface area contributed by atoms with E-state index in [1.807, 2.05) is 34.5 Å². The quantitative estimate of drug-likeness (QED) is 0.642. The second kappa shape index (κ2) is 9.31. The van der Waals surface area contributed by atoms with E-state index in [0.29, 0.717) is 43.1 Å². The lowest BCUT2D eigenvalue weighted by molar-refractivity contribution is 0.0933. The molecule has 1 aliphatic heterocycles. The van der Waals surface area contributed by atoms with Crippen molar-refractivity contribution in [3.8, 4) is 0 Å². The molecule has 1 fully saturated rings. The molecule has 1 saturated heterocycles. The predicted octanol–water partition coefficient (Wildman–Crippen LogP) is 1.07.